The molecule has 136 valence electrons. The second-order valence-corrected chi connectivity index (χ2v) is 7.60. The molecule has 0 aliphatic carbocycles. The summed E-state index contributed by atoms with van der Waals surface area (Å²) in [4.78, 5) is 15.6. The number of carbonyl (C=O) groups excluding carboxylic acids is 1. The Morgan fingerprint density at radius 1 is 1.15 bits per heavy atom. The zero-order valence-corrected chi connectivity index (χ0v) is 16.6. The van der Waals surface area contributed by atoms with Gasteiger partial charge in [0.2, 0.25) is 5.91 Å². The number of amides is 1. The van der Waals surface area contributed by atoms with Crippen LogP contribution in [0, 0.1) is 0 Å². The summed E-state index contributed by atoms with van der Waals surface area (Å²) in [7, 11) is 0. The molecule has 0 saturated carbocycles. The zero-order chi connectivity index (χ0) is 18.4. The molecule has 1 amide bonds. The minimum Gasteiger partial charge on any atom is -0.338 e. The Morgan fingerprint density at radius 2 is 1.96 bits per heavy atom. The van der Waals surface area contributed by atoms with Gasteiger partial charge in [-0.3, -0.25) is 4.79 Å². The number of carbonyl (C=O) groups is 1. The second-order valence-electron chi connectivity index (χ2n) is 5.71. The summed E-state index contributed by atoms with van der Waals surface area (Å²) in [6, 6.07) is 14.1. The maximum atomic E-state index is 12.6. The van der Waals surface area contributed by atoms with Crippen molar-refractivity contribution in [2.24, 2.45) is 0 Å². The average molecular weight is 387 g/mol. The van der Waals surface area contributed by atoms with Crippen LogP contribution in [-0.4, -0.2) is 37.9 Å². The number of thioether (sulfide) groups is 1. The van der Waals surface area contributed by atoms with Crippen LogP contribution in [0.1, 0.15) is 19.4 Å². The van der Waals surface area contributed by atoms with Crippen LogP contribution in [0.4, 0.5) is 0 Å². The number of thiophene rings is 1. The molecule has 0 N–H and O–H groups in total. The van der Waals surface area contributed by atoms with Gasteiger partial charge in [0, 0.05) is 19.6 Å². The minimum atomic E-state index is 0.115. The van der Waals surface area contributed by atoms with Crippen molar-refractivity contribution in [2.75, 3.05) is 12.3 Å². The van der Waals surface area contributed by atoms with Crippen LogP contribution in [0.5, 0.6) is 0 Å². The Kier molecular flexibility index (Phi) is 6.46. The Labute approximate surface area is 162 Å². The van der Waals surface area contributed by atoms with E-state index in [1.54, 1.807) is 11.3 Å². The van der Waals surface area contributed by atoms with Crippen molar-refractivity contribution in [2.45, 2.75) is 32.1 Å². The van der Waals surface area contributed by atoms with E-state index < -0.39 is 0 Å². The molecule has 7 heteroatoms. The van der Waals surface area contributed by atoms with Crippen LogP contribution in [-0.2, 0) is 17.9 Å². The van der Waals surface area contributed by atoms with E-state index in [4.69, 9.17) is 0 Å². The maximum absolute atomic E-state index is 12.6. The third-order valence-corrected chi connectivity index (χ3v) is 5.87. The summed E-state index contributed by atoms with van der Waals surface area (Å²) < 4.78 is 2.07. The molecular formula is C19H22N4OS2. The average Bonchev–Trinajstić information content (AvgIpc) is 3.33. The monoisotopic (exact) mass is 386 g/mol. The van der Waals surface area contributed by atoms with Crippen molar-refractivity contribution in [3.63, 3.8) is 0 Å². The van der Waals surface area contributed by atoms with Crippen molar-refractivity contribution in [1.29, 1.82) is 0 Å². The summed E-state index contributed by atoms with van der Waals surface area (Å²) >= 11 is 3.10. The van der Waals surface area contributed by atoms with E-state index in [-0.39, 0.29) is 5.91 Å². The molecule has 0 saturated heterocycles. The summed E-state index contributed by atoms with van der Waals surface area (Å²) in [5.41, 5.74) is 1.14. The second kappa shape index (κ2) is 9.00. The third kappa shape index (κ3) is 4.34. The molecule has 0 bridgehead atoms. The first kappa shape index (κ1) is 18.7. The summed E-state index contributed by atoms with van der Waals surface area (Å²) in [5, 5.41) is 11.4. The van der Waals surface area contributed by atoms with E-state index >= 15 is 0 Å². The SMILES string of the molecule is CCN(Cc1ccccc1)C(=O)CSc1nnc(-c2cccs2)n1CC. The lowest BCUT2D eigenvalue weighted by Crippen LogP contribution is -2.31. The molecule has 0 spiro atoms. The number of rotatable bonds is 8. The smallest absolute Gasteiger partial charge is 0.233 e. The van der Waals surface area contributed by atoms with Crippen LogP contribution < -0.4 is 0 Å². The predicted octanol–water partition coefficient (Wildman–Crippen LogP) is 4.17. The topological polar surface area (TPSA) is 51.0 Å². The molecule has 0 aliphatic heterocycles. The van der Waals surface area contributed by atoms with Gasteiger partial charge in [-0.05, 0) is 30.9 Å². The quantitative estimate of drug-likeness (QED) is 0.545. The molecule has 2 heterocycles. The van der Waals surface area contributed by atoms with Crippen LogP contribution in [0.2, 0.25) is 0 Å². The van der Waals surface area contributed by atoms with Crippen LogP contribution in [0.25, 0.3) is 10.7 Å². The molecule has 0 radical (unpaired) electrons. The van der Waals surface area contributed by atoms with Crippen molar-refractivity contribution in [1.82, 2.24) is 19.7 Å². The van der Waals surface area contributed by atoms with Crippen LogP contribution in [0.3, 0.4) is 0 Å². The highest BCUT2D eigenvalue weighted by Crippen LogP contribution is 2.27. The van der Waals surface area contributed by atoms with Gasteiger partial charge >= 0.3 is 0 Å². The largest absolute Gasteiger partial charge is 0.338 e. The zero-order valence-electron chi connectivity index (χ0n) is 15.0. The number of benzene rings is 1. The minimum absolute atomic E-state index is 0.115. The van der Waals surface area contributed by atoms with Gasteiger partial charge in [0.15, 0.2) is 11.0 Å². The normalized spacial score (nSPS) is 10.8. The fourth-order valence-electron chi connectivity index (χ4n) is 2.67. The van der Waals surface area contributed by atoms with Crippen LogP contribution in [0.15, 0.2) is 53.0 Å². The Balaban J connectivity index is 1.65. The van der Waals surface area contributed by atoms with Gasteiger partial charge in [-0.2, -0.15) is 0 Å². The highest BCUT2D eigenvalue weighted by molar-refractivity contribution is 7.99. The van der Waals surface area contributed by atoms with Gasteiger partial charge in [-0.1, -0.05) is 48.2 Å². The first-order chi connectivity index (χ1) is 12.7. The lowest BCUT2D eigenvalue weighted by Gasteiger charge is -2.20. The summed E-state index contributed by atoms with van der Waals surface area (Å²) in [6.45, 7) is 6.18. The highest BCUT2D eigenvalue weighted by Gasteiger charge is 2.17. The van der Waals surface area contributed by atoms with Gasteiger partial charge < -0.3 is 9.47 Å². The molecule has 5 nitrogen and oxygen atoms in total. The Morgan fingerprint density at radius 3 is 2.62 bits per heavy atom. The third-order valence-electron chi connectivity index (χ3n) is 4.05. The molecule has 0 atom stereocenters. The van der Waals surface area contributed by atoms with E-state index in [0.717, 1.165) is 28.0 Å². The van der Waals surface area contributed by atoms with Gasteiger partial charge in [-0.15, -0.1) is 21.5 Å². The van der Waals surface area contributed by atoms with Crippen molar-refractivity contribution in [3.8, 4) is 10.7 Å². The number of hydrogen-bond acceptors (Lipinski definition) is 5. The molecule has 1 aromatic carbocycles. The molecule has 3 aromatic rings. The van der Waals surface area contributed by atoms with Gasteiger partial charge in [0.05, 0.1) is 10.6 Å². The molecule has 3 rings (SSSR count). The lowest BCUT2D eigenvalue weighted by atomic mass is 10.2. The van der Waals surface area contributed by atoms with E-state index in [0.29, 0.717) is 18.8 Å². The Bertz CT molecular complexity index is 831. The number of aromatic nitrogens is 3. The van der Waals surface area contributed by atoms with Crippen molar-refractivity contribution in [3.05, 3.63) is 53.4 Å². The number of hydrogen-bond donors (Lipinski definition) is 0. The molecule has 0 aliphatic rings. The summed E-state index contributed by atoms with van der Waals surface area (Å²) in [6.07, 6.45) is 0. The van der Waals surface area contributed by atoms with Gasteiger partial charge in [0.1, 0.15) is 0 Å². The predicted molar refractivity (Wildman–Crippen MR) is 107 cm³/mol. The van der Waals surface area contributed by atoms with Crippen molar-refractivity contribution < 1.29 is 4.79 Å². The van der Waals surface area contributed by atoms with E-state index in [1.165, 1.54) is 11.8 Å². The molecule has 2 aromatic heterocycles. The molecular weight excluding hydrogens is 364 g/mol. The van der Waals surface area contributed by atoms with Gasteiger partial charge in [0.25, 0.3) is 0 Å². The lowest BCUT2D eigenvalue weighted by molar-refractivity contribution is -0.128. The van der Waals surface area contributed by atoms with E-state index in [2.05, 4.69) is 21.7 Å². The first-order valence-electron chi connectivity index (χ1n) is 8.64. The van der Waals surface area contributed by atoms with Gasteiger partial charge in [-0.25, -0.2) is 0 Å². The fourth-order valence-corrected chi connectivity index (χ4v) is 4.29. The molecule has 26 heavy (non-hydrogen) atoms. The fraction of sp³-hybridized carbons (Fsp3) is 0.316. The number of nitrogens with zero attached hydrogens (tertiary/aromatic N) is 4. The first-order valence-corrected chi connectivity index (χ1v) is 10.5. The van der Waals surface area contributed by atoms with Crippen molar-refractivity contribution >= 4 is 29.0 Å². The van der Waals surface area contributed by atoms with E-state index in [1.807, 2.05) is 59.7 Å². The highest BCUT2D eigenvalue weighted by atomic mass is 32.2. The Hall–Kier alpha value is -2.12. The summed E-state index contributed by atoms with van der Waals surface area (Å²) in [5.74, 6) is 1.35. The van der Waals surface area contributed by atoms with Crippen LogP contribution >= 0.6 is 23.1 Å². The van der Waals surface area contributed by atoms with E-state index in [9.17, 15) is 4.79 Å². The standard InChI is InChI=1S/C19H22N4OS2/c1-3-22(13-15-9-6-5-7-10-15)17(24)14-26-19-21-20-18(23(19)4-2)16-11-8-12-25-16/h5-12H,3-4,13-14H2,1-2H3. The molecule has 0 unspecified atom stereocenters. The maximum Gasteiger partial charge on any atom is 0.233 e. The molecule has 0 fully saturated rings.